The molecule has 1 N–H and O–H groups in total. The van der Waals surface area contributed by atoms with Crippen LogP contribution in [0.1, 0.15) is 13.3 Å². The number of carbonyl (C=O) groups excluding carboxylic acids is 2. The SMILES string of the molecule is CC(=O)N(CCC(=O)Nc1ccccc1)c1c(Cl)cccc1Cl. The molecule has 0 heterocycles. The zero-order valence-corrected chi connectivity index (χ0v) is 14.1. The molecule has 4 nitrogen and oxygen atoms in total. The van der Waals surface area contributed by atoms with Gasteiger partial charge in [-0.2, -0.15) is 0 Å². The van der Waals surface area contributed by atoms with Crippen LogP contribution in [-0.2, 0) is 9.59 Å². The Kier molecular flexibility index (Phi) is 6.02. The van der Waals surface area contributed by atoms with Crippen LogP contribution in [0.2, 0.25) is 10.0 Å². The van der Waals surface area contributed by atoms with Crippen LogP contribution in [0.25, 0.3) is 0 Å². The highest BCUT2D eigenvalue weighted by atomic mass is 35.5. The predicted octanol–water partition coefficient (Wildman–Crippen LogP) is 4.38. The number of nitrogens with zero attached hydrogens (tertiary/aromatic N) is 1. The molecule has 2 rings (SSSR count). The smallest absolute Gasteiger partial charge is 0.226 e. The Hall–Kier alpha value is -2.04. The molecule has 6 heteroatoms. The molecule has 0 radical (unpaired) electrons. The van der Waals surface area contributed by atoms with E-state index in [1.54, 1.807) is 30.3 Å². The first kappa shape index (κ1) is 17.3. The number of anilines is 2. The summed E-state index contributed by atoms with van der Waals surface area (Å²) in [7, 11) is 0. The third-order valence-electron chi connectivity index (χ3n) is 3.21. The van der Waals surface area contributed by atoms with Crippen molar-refractivity contribution in [3.8, 4) is 0 Å². The Labute approximate surface area is 145 Å². The van der Waals surface area contributed by atoms with Gasteiger partial charge in [-0.3, -0.25) is 9.59 Å². The standard InChI is InChI=1S/C17H16Cl2N2O2/c1-12(22)21(17-14(18)8-5-9-15(17)19)11-10-16(23)20-13-6-3-2-4-7-13/h2-9H,10-11H2,1H3,(H,20,23). The summed E-state index contributed by atoms with van der Waals surface area (Å²) in [5, 5.41) is 3.52. The molecule has 2 aromatic rings. The predicted molar refractivity (Wildman–Crippen MR) is 94.2 cm³/mol. The summed E-state index contributed by atoms with van der Waals surface area (Å²) in [5.41, 5.74) is 1.14. The molecule has 0 saturated heterocycles. The van der Waals surface area contributed by atoms with Gasteiger partial charge in [0.1, 0.15) is 0 Å². The van der Waals surface area contributed by atoms with E-state index in [2.05, 4.69) is 5.32 Å². The minimum absolute atomic E-state index is 0.135. The van der Waals surface area contributed by atoms with E-state index in [0.717, 1.165) is 0 Å². The number of amides is 2. The molecule has 0 atom stereocenters. The van der Waals surface area contributed by atoms with E-state index < -0.39 is 0 Å². The molecular weight excluding hydrogens is 335 g/mol. The Morgan fingerprint density at radius 2 is 1.61 bits per heavy atom. The van der Waals surface area contributed by atoms with Gasteiger partial charge in [0.15, 0.2) is 0 Å². The third-order valence-corrected chi connectivity index (χ3v) is 3.82. The monoisotopic (exact) mass is 350 g/mol. The maximum Gasteiger partial charge on any atom is 0.226 e. The molecule has 2 aromatic carbocycles. The lowest BCUT2D eigenvalue weighted by atomic mass is 10.2. The van der Waals surface area contributed by atoms with Gasteiger partial charge < -0.3 is 10.2 Å². The van der Waals surface area contributed by atoms with Crippen molar-refractivity contribution in [1.82, 2.24) is 0 Å². The van der Waals surface area contributed by atoms with Gasteiger partial charge in [0.05, 0.1) is 15.7 Å². The second-order valence-electron chi connectivity index (χ2n) is 4.91. The number of hydrogen-bond donors (Lipinski definition) is 1. The largest absolute Gasteiger partial charge is 0.326 e. The summed E-state index contributed by atoms with van der Waals surface area (Å²) in [6, 6.07) is 14.1. The molecule has 0 fully saturated rings. The quantitative estimate of drug-likeness (QED) is 0.869. The maximum absolute atomic E-state index is 12.0. The van der Waals surface area contributed by atoms with E-state index in [9.17, 15) is 9.59 Å². The fraction of sp³-hybridized carbons (Fsp3) is 0.176. The van der Waals surface area contributed by atoms with E-state index in [-0.39, 0.29) is 24.8 Å². The van der Waals surface area contributed by atoms with E-state index in [1.165, 1.54) is 11.8 Å². The van der Waals surface area contributed by atoms with Crippen LogP contribution in [0.5, 0.6) is 0 Å². The molecule has 23 heavy (non-hydrogen) atoms. The number of nitrogens with one attached hydrogen (secondary N) is 1. The summed E-state index contributed by atoms with van der Waals surface area (Å²) >= 11 is 12.3. The van der Waals surface area contributed by atoms with Crippen molar-refractivity contribution in [2.24, 2.45) is 0 Å². The summed E-state index contributed by atoms with van der Waals surface area (Å²) in [6.07, 6.45) is 0.135. The first-order valence-corrected chi connectivity index (χ1v) is 7.81. The van der Waals surface area contributed by atoms with Crippen LogP contribution in [0.15, 0.2) is 48.5 Å². The van der Waals surface area contributed by atoms with Gasteiger partial charge in [-0.05, 0) is 24.3 Å². The Morgan fingerprint density at radius 1 is 1.00 bits per heavy atom. The fourth-order valence-electron chi connectivity index (χ4n) is 2.13. The van der Waals surface area contributed by atoms with E-state index in [4.69, 9.17) is 23.2 Å². The molecule has 0 unspecified atom stereocenters. The van der Waals surface area contributed by atoms with Crippen LogP contribution in [-0.4, -0.2) is 18.4 Å². The zero-order chi connectivity index (χ0) is 16.8. The maximum atomic E-state index is 12.0. The number of benzene rings is 2. The van der Waals surface area contributed by atoms with Gasteiger partial charge in [0, 0.05) is 25.6 Å². The molecular formula is C17H16Cl2N2O2. The van der Waals surface area contributed by atoms with Crippen molar-refractivity contribution >= 4 is 46.4 Å². The van der Waals surface area contributed by atoms with Gasteiger partial charge in [-0.1, -0.05) is 47.5 Å². The molecule has 0 bridgehead atoms. The molecule has 0 aliphatic heterocycles. The van der Waals surface area contributed by atoms with Gasteiger partial charge in [-0.25, -0.2) is 0 Å². The van der Waals surface area contributed by atoms with Gasteiger partial charge in [0.25, 0.3) is 0 Å². The van der Waals surface area contributed by atoms with Crippen molar-refractivity contribution < 1.29 is 9.59 Å². The number of carbonyl (C=O) groups is 2. The zero-order valence-electron chi connectivity index (χ0n) is 12.6. The molecule has 0 saturated carbocycles. The lowest BCUT2D eigenvalue weighted by Crippen LogP contribution is -2.32. The Balaban J connectivity index is 2.06. The Bertz CT molecular complexity index is 685. The Morgan fingerprint density at radius 3 is 2.17 bits per heavy atom. The van der Waals surface area contributed by atoms with Crippen LogP contribution >= 0.6 is 23.2 Å². The van der Waals surface area contributed by atoms with Crippen molar-refractivity contribution in [2.45, 2.75) is 13.3 Å². The first-order chi connectivity index (χ1) is 11.0. The van der Waals surface area contributed by atoms with Crippen LogP contribution in [0.3, 0.4) is 0 Å². The topological polar surface area (TPSA) is 49.4 Å². The van der Waals surface area contributed by atoms with E-state index in [1.807, 2.05) is 18.2 Å². The number of para-hydroxylation sites is 2. The van der Waals surface area contributed by atoms with E-state index >= 15 is 0 Å². The van der Waals surface area contributed by atoms with Gasteiger partial charge in [0.2, 0.25) is 11.8 Å². The molecule has 0 aromatic heterocycles. The van der Waals surface area contributed by atoms with Crippen LogP contribution in [0, 0.1) is 0 Å². The average molecular weight is 351 g/mol. The lowest BCUT2D eigenvalue weighted by molar-refractivity contribution is -0.117. The van der Waals surface area contributed by atoms with Crippen LogP contribution in [0.4, 0.5) is 11.4 Å². The van der Waals surface area contributed by atoms with Crippen LogP contribution < -0.4 is 10.2 Å². The highest BCUT2D eigenvalue weighted by molar-refractivity contribution is 6.39. The normalized spacial score (nSPS) is 10.2. The minimum Gasteiger partial charge on any atom is -0.326 e. The number of rotatable bonds is 5. The fourth-order valence-corrected chi connectivity index (χ4v) is 2.73. The number of halogens is 2. The third kappa shape index (κ3) is 4.71. The second-order valence-corrected chi connectivity index (χ2v) is 5.72. The van der Waals surface area contributed by atoms with Gasteiger partial charge in [-0.15, -0.1) is 0 Å². The summed E-state index contributed by atoms with van der Waals surface area (Å²) in [5.74, 6) is -0.418. The average Bonchev–Trinajstić information content (AvgIpc) is 2.50. The van der Waals surface area contributed by atoms with Gasteiger partial charge >= 0.3 is 0 Å². The summed E-state index contributed by atoms with van der Waals surface area (Å²) in [6.45, 7) is 1.60. The van der Waals surface area contributed by atoms with Crippen molar-refractivity contribution in [3.63, 3.8) is 0 Å². The lowest BCUT2D eigenvalue weighted by Gasteiger charge is -2.23. The van der Waals surface area contributed by atoms with E-state index in [0.29, 0.717) is 21.4 Å². The molecule has 0 aliphatic rings. The molecule has 120 valence electrons. The molecule has 0 aliphatic carbocycles. The highest BCUT2D eigenvalue weighted by Gasteiger charge is 2.19. The second kappa shape index (κ2) is 7.99. The highest BCUT2D eigenvalue weighted by Crippen LogP contribution is 2.33. The first-order valence-electron chi connectivity index (χ1n) is 7.06. The minimum atomic E-state index is -0.229. The number of hydrogen-bond acceptors (Lipinski definition) is 2. The summed E-state index contributed by atoms with van der Waals surface area (Å²) in [4.78, 5) is 25.3. The van der Waals surface area contributed by atoms with Crippen molar-refractivity contribution in [1.29, 1.82) is 0 Å². The molecule has 0 spiro atoms. The summed E-state index contributed by atoms with van der Waals surface area (Å²) < 4.78 is 0. The van der Waals surface area contributed by atoms with Crippen molar-refractivity contribution in [3.05, 3.63) is 58.6 Å². The molecule has 2 amide bonds. The van der Waals surface area contributed by atoms with Crippen molar-refractivity contribution in [2.75, 3.05) is 16.8 Å².